The summed E-state index contributed by atoms with van der Waals surface area (Å²) in [7, 11) is 1.54. The number of para-hydroxylation sites is 1. The van der Waals surface area contributed by atoms with Crippen molar-refractivity contribution in [3.8, 4) is 0 Å². The van der Waals surface area contributed by atoms with Crippen LogP contribution in [0.5, 0.6) is 0 Å². The predicted octanol–water partition coefficient (Wildman–Crippen LogP) is 2.37. The van der Waals surface area contributed by atoms with E-state index in [1.807, 2.05) is 0 Å². The lowest BCUT2D eigenvalue weighted by Crippen LogP contribution is -2.52. The summed E-state index contributed by atoms with van der Waals surface area (Å²) in [6.45, 7) is 0.0782. The van der Waals surface area contributed by atoms with Gasteiger partial charge in [0.1, 0.15) is 11.9 Å². The van der Waals surface area contributed by atoms with Crippen LogP contribution < -0.4 is 10.2 Å². The zero-order valence-corrected chi connectivity index (χ0v) is 16.9. The first-order valence-electron chi connectivity index (χ1n) is 9.70. The molecule has 9 nitrogen and oxygen atoms in total. The average molecular weight is 443 g/mol. The van der Waals surface area contributed by atoms with Crippen molar-refractivity contribution in [1.82, 2.24) is 20.2 Å². The SMILES string of the molecule is CN1Cc2ccccc2N(C(=O)NCc2nc3cc(F)c(F)cc3[nH]2)C(CC(=O)O)C1=O. The van der Waals surface area contributed by atoms with Gasteiger partial charge in [-0.05, 0) is 11.6 Å². The van der Waals surface area contributed by atoms with Gasteiger partial charge < -0.3 is 20.3 Å². The van der Waals surface area contributed by atoms with Crippen LogP contribution in [0.15, 0.2) is 36.4 Å². The number of imidazole rings is 1. The van der Waals surface area contributed by atoms with E-state index in [0.717, 1.165) is 17.0 Å². The lowest BCUT2D eigenvalue weighted by molar-refractivity contribution is -0.141. The van der Waals surface area contributed by atoms with Crippen LogP contribution in [0, 0.1) is 11.6 Å². The van der Waals surface area contributed by atoms with Gasteiger partial charge >= 0.3 is 12.0 Å². The van der Waals surface area contributed by atoms with Gasteiger partial charge in [-0.25, -0.2) is 18.6 Å². The Morgan fingerprint density at radius 3 is 2.72 bits per heavy atom. The number of aromatic nitrogens is 2. The Morgan fingerprint density at radius 1 is 1.25 bits per heavy atom. The first-order valence-corrected chi connectivity index (χ1v) is 9.70. The fourth-order valence-corrected chi connectivity index (χ4v) is 3.73. The maximum Gasteiger partial charge on any atom is 0.323 e. The lowest BCUT2D eigenvalue weighted by Gasteiger charge is -2.29. The Bertz CT molecular complexity index is 1190. The third-order valence-electron chi connectivity index (χ3n) is 5.20. The molecule has 1 atom stereocenters. The summed E-state index contributed by atoms with van der Waals surface area (Å²) in [4.78, 5) is 46.9. The molecule has 0 radical (unpaired) electrons. The predicted molar refractivity (Wildman–Crippen MR) is 110 cm³/mol. The molecule has 2 heterocycles. The van der Waals surface area contributed by atoms with Crippen LogP contribution in [0.25, 0.3) is 11.0 Å². The Hall–Kier alpha value is -4.02. The van der Waals surface area contributed by atoms with E-state index >= 15 is 0 Å². The number of nitrogens with one attached hydrogen (secondary N) is 2. The molecule has 0 saturated heterocycles. The highest BCUT2D eigenvalue weighted by Gasteiger charge is 2.38. The van der Waals surface area contributed by atoms with Crippen molar-refractivity contribution in [2.75, 3.05) is 11.9 Å². The van der Waals surface area contributed by atoms with Gasteiger partial charge in [-0.15, -0.1) is 0 Å². The van der Waals surface area contributed by atoms with E-state index < -0.39 is 42.0 Å². The van der Waals surface area contributed by atoms with Crippen LogP contribution in [0.4, 0.5) is 19.3 Å². The van der Waals surface area contributed by atoms with Crippen LogP contribution >= 0.6 is 0 Å². The van der Waals surface area contributed by atoms with Gasteiger partial charge in [0, 0.05) is 25.7 Å². The van der Waals surface area contributed by atoms with Crippen molar-refractivity contribution in [3.05, 3.63) is 59.4 Å². The minimum Gasteiger partial charge on any atom is -0.481 e. The molecule has 4 rings (SSSR count). The minimum absolute atomic E-state index is 0.140. The molecule has 11 heteroatoms. The van der Waals surface area contributed by atoms with E-state index in [9.17, 15) is 28.3 Å². The highest BCUT2D eigenvalue weighted by atomic mass is 19.2. The van der Waals surface area contributed by atoms with Gasteiger partial charge in [0.15, 0.2) is 11.6 Å². The second-order valence-corrected chi connectivity index (χ2v) is 7.43. The van der Waals surface area contributed by atoms with Crippen LogP contribution in [0.3, 0.4) is 0 Å². The number of carbonyl (C=O) groups excluding carboxylic acids is 2. The van der Waals surface area contributed by atoms with Crippen molar-refractivity contribution >= 4 is 34.6 Å². The average Bonchev–Trinajstić information content (AvgIpc) is 3.09. The maximum atomic E-state index is 13.4. The van der Waals surface area contributed by atoms with E-state index in [1.165, 1.54) is 4.90 Å². The number of aliphatic carboxylic acids is 1. The molecule has 3 amide bonds. The molecular weight excluding hydrogens is 424 g/mol. The Labute approximate surface area is 180 Å². The van der Waals surface area contributed by atoms with Gasteiger partial charge in [0.05, 0.1) is 29.7 Å². The number of halogens is 2. The highest BCUT2D eigenvalue weighted by molar-refractivity contribution is 6.02. The summed E-state index contributed by atoms with van der Waals surface area (Å²) in [5.74, 6) is -3.57. The fraction of sp³-hybridized carbons (Fsp3) is 0.238. The number of rotatable bonds is 4. The zero-order valence-electron chi connectivity index (χ0n) is 16.9. The quantitative estimate of drug-likeness (QED) is 0.572. The number of H-pyrrole nitrogens is 1. The molecule has 1 unspecified atom stereocenters. The van der Waals surface area contributed by atoms with Gasteiger partial charge in [-0.3, -0.25) is 14.5 Å². The first kappa shape index (κ1) is 21.2. The maximum absolute atomic E-state index is 13.4. The molecule has 1 aliphatic rings. The number of hydrogen-bond acceptors (Lipinski definition) is 4. The second kappa shape index (κ2) is 8.25. The Balaban J connectivity index is 1.63. The summed E-state index contributed by atoms with van der Waals surface area (Å²) in [6, 6.07) is 6.80. The zero-order chi connectivity index (χ0) is 23.0. The van der Waals surface area contributed by atoms with Crippen molar-refractivity contribution in [3.63, 3.8) is 0 Å². The molecule has 0 spiro atoms. The third-order valence-corrected chi connectivity index (χ3v) is 5.20. The standard InChI is InChI=1S/C21H19F2N5O4/c1-27-10-11-4-2-3-5-16(11)28(17(20(27)31)8-19(29)30)21(32)24-9-18-25-14-6-12(22)13(23)7-15(14)26-18/h2-7,17H,8-10H2,1H3,(H,24,32)(H,25,26)(H,29,30). The van der Waals surface area contributed by atoms with Crippen LogP contribution in [0.1, 0.15) is 17.8 Å². The van der Waals surface area contributed by atoms with E-state index in [-0.39, 0.29) is 29.9 Å². The summed E-state index contributed by atoms with van der Waals surface area (Å²) in [6.07, 6.45) is -0.575. The number of fused-ring (bicyclic) bond motifs is 2. The first-order chi connectivity index (χ1) is 15.2. The number of carbonyl (C=O) groups is 3. The largest absolute Gasteiger partial charge is 0.481 e. The molecule has 0 bridgehead atoms. The summed E-state index contributed by atoms with van der Waals surface area (Å²) < 4.78 is 26.8. The van der Waals surface area contributed by atoms with Gasteiger partial charge in [0.2, 0.25) is 5.91 Å². The van der Waals surface area contributed by atoms with Crippen LogP contribution in [-0.4, -0.2) is 51.0 Å². The van der Waals surface area contributed by atoms with Gasteiger partial charge in [0.25, 0.3) is 0 Å². The molecule has 0 saturated carbocycles. The van der Waals surface area contributed by atoms with Crippen LogP contribution in [-0.2, 0) is 22.7 Å². The van der Waals surface area contributed by atoms with E-state index in [1.54, 1.807) is 31.3 Å². The molecule has 166 valence electrons. The number of carboxylic acid groups (broad SMARTS) is 1. The molecule has 3 aromatic rings. The number of urea groups is 1. The smallest absolute Gasteiger partial charge is 0.323 e. The Morgan fingerprint density at radius 2 is 1.97 bits per heavy atom. The number of likely N-dealkylation sites (N-methyl/N-ethyl adjacent to an activating group) is 1. The number of benzene rings is 2. The third kappa shape index (κ3) is 3.96. The summed E-state index contributed by atoms with van der Waals surface area (Å²) in [5.41, 5.74) is 1.55. The summed E-state index contributed by atoms with van der Waals surface area (Å²) in [5, 5.41) is 11.9. The molecule has 1 aliphatic heterocycles. The number of hydrogen-bond donors (Lipinski definition) is 3. The molecule has 1 aromatic heterocycles. The van der Waals surface area contributed by atoms with E-state index in [0.29, 0.717) is 11.3 Å². The molecule has 2 aromatic carbocycles. The number of aromatic amines is 1. The van der Waals surface area contributed by atoms with E-state index in [2.05, 4.69) is 15.3 Å². The molecule has 3 N–H and O–H groups in total. The molecular formula is C21H19F2N5O4. The second-order valence-electron chi connectivity index (χ2n) is 7.43. The molecule has 32 heavy (non-hydrogen) atoms. The van der Waals surface area contributed by atoms with Crippen molar-refractivity contribution in [2.24, 2.45) is 0 Å². The monoisotopic (exact) mass is 443 g/mol. The fourth-order valence-electron chi connectivity index (χ4n) is 3.73. The van der Waals surface area contributed by atoms with Crippen molar-refractivity contribution < 1.29 is 28.3 Å². The lowest BCUT2D eigenvalue weighted by atomic mass is 10.1. The van der Waals surface area contributed by atoms with Crippen molar-refractivity contribution in [1.29, 1.82) is 0 Å². The number of anilines is 1. The molecule has 0 fully saturated rings. The van der Waals surface area contributed by atoms with E-state index in [4.69, 9.17) is 0 Å². The summed E-state index contributed by atoms with van der Waals surface area (Å²) >= 11 is 0. The highest BCUT2D eigenvalue weighted by Crippen LogP contribution is 2.29. The van der Waals surface area contributed by atoms with Crippen molar-refractivity contribution in [2.45, 2.75) is 25.6 Å². The number of amides is 3. The topological polar surface area (TPSA) is 119 Å². The molecule has 0 aliphatic carbocycles. The normalized spacial score (nSPS) is 16.1. The van der Waals surface area contributed by atoms with Crippen LogP contribution in [0.2, 0.25) is 0 Å². The van der Waals surface area contributed by atoms with Gasteiger partial charge in [-0.1, -0.05) is 18.2 Å². The minimum atomic E-state index is -1.25. The van der Waals surface area contributed by atoms with Gasteiger partial charge in [-0.2, -0.15) is 0 Å². The number of carboxylic acids is 1. The number of nitrogens with zero attached hydrogens (tertiary/aromatic N) is 3. The Kier molecular flexibility index (Phi) is 5.47.